The molecular weight excluding hydrogens is 270 g/mol. The summed E-state index contributed by atoms with van der Waals surface area (Å²) in [5.74, 6) is -1.06. The summed E-state index contributed by atoms with van der Waals surface area (Å²) in [6, 6.07) is 6.21. The second-order valence-electron chi connectivity index (χ2n) is 4.89. The van der Waals surface area contributed by atoms with Gasteiger partial charge in [-0.15, -0.1) is 0 Å². The topological polar surface area (TPSA) is 86.3 Å². The van der Waals surface area contributed by atoms with Gasteiger partial charge in [0.25, 0.3) is 0 Å². The van der Waals surface area contributed by atoms with E-state index in [9.17, 15) is 9.59 Å². The summed E-state index contributed by atoms with van der Waals surface area (Å²) in [5.41, 5.74) is 3.45. The number of anilines is 1. The normalized spacial score (nSPS) is 10.4. The van der Waals surface area contributed by atoms with E-state index >= 15 is 0 Å². The van der Waals surface area contributed by atoms with Gasteiger partial charge in [0.2, 0.25) is 5.91 Å². The van der Waals surface area contributed by atoms with Crippen LogP contribution in [-0.4, -0.2) is 34.2 Å². The van der Waals surface area contributed by atoms with Crippen LogP contribution in [-0.2, 0) is 11.2 Å². The number of aryl methyl sites for hydroxylation is 2. The van der Waals surface area contributed by atoms with Crippen LogP contribution in [0.2, 0.25) is 0 Å². The SMILES string of the molecule is Cc1n[nH]c(C)c1CC(=O)N(C)c1ccc(C(=O)O)cc1. The lowest BCUT2D eigenvalue weighted by molar-refractivity contribution is -0.117. The Bertz CT molecular complexity index is 654. The van der Waals surface area contributed by atoms with Crippen molar-refractivity contribution in [3.05, 3.63) is 46.8 Å². The number of benzene rings is 1. The smallest absolute Gasteiger partial charge is 0.335 e. The lowest BCUT2D eigenvalue weighted by Crippen LogP contribution is -2.28. The molecule has 6 heteroatoms. The Kier molecular flexibility index (Phi) is 4.07. The van der Waals surface area contributed by atoms with Gasteiger partial charge in [0, 0.05) is 24.0 Å². The number of H-pyrrole nitrogens is 1. The van der Waals surface area contributed by atoms with Crippen LogP contribution in [0, 0.1) is 13.8 Å². The van der Waals surface area contributed by atoms with Gasteiger partial charge in [-0.25, -0.2) is 4.79 Å². The maximum Gasteiger partial charge on any atom is 0.335 e. The maximum absolute atomic E-state index is 12.3. The third-order valence-electron chi connectivity index (χ3n) is 3.48. The monoisotopic (exact) mass is 287 g/mol. The Balaban J connectivity index is 2.14. The molecule has 1 amide bonds. The van der Waals surface area contributed by atoms with E-state index in [1.807, 2.05) is 13.8 Å². The summed E-state index contributed by atoms with van der Waals surface area (Å²) >= 11 is 0. The van der Waals surface area contributed by atoms with Gasteiger partial charge in [-0.05, 0) is 38.1 Å². The second kappa shape index (κ2) is 5.78. The third kappa shape index (κ3) is 3.10. The predicted molar refractivity (Wildman–Crippen MR) is 78.6 cm³/mol. The Hall–Kier alpha value is -2.63. The highest BCUT2D eigenvalue weighted by Crippen LogP contribution is 2.17. The highest BCUT2D eigenvalue weighted by molar-refractivity contribution is 5.95. The maximum atomic E-state index is 12.3. The summed E-state index contributed by atoms with van der Waals surface area (Å²) in [6.07, 6.45) is 0.255. The minimum atomic E-state index is -0.986. The molecule has 2 rings (SSSR count). The molecule has 21 heavy (non-hydrogen) atoms. The Morgan fingerprint density at radius 2 is 1.86 bits per heavy atom. The number of amides is 1. The highest BCUT2D eigenvalue weighted by Gasteiger charge is 2.16. The van der Waals surface area contributed by atoms with Crippen molar-refractivity contribution in [2.45, 2.75) is 20.3 Å². The van der Waals surface area contributed by atoms with E-state index in [1.165, 1.54) is 17.0 Å². The van der Waals surface area contributed by atoms with Crippen molar-refractivity contribution in [3.8, 4) is 0 Å². The quantitative estimate of drug-likeness (QED) is 0.899. The lowest BCUT2D eigenvalue weighted by atomic mass is 10.1. The molecule has 0 spiro atoms. The molecule has 0 aliphatic heterocycles. The molecule has 1 aromatic carbocycles. The number of aromatic nitrogens is 2. The van der Waals surface area contributed by atoms with E-state index in [0.717, 1.165) is 17.0 Å². The summed E-state index contributed by atoms with van der Waals surface area (Å²) in [5, 5.41) is 15.8. The van der Waals surface area contributed by atoms with E-state index in [-0.39, 0.29) is 17.9 Å². The van der Waals surface area contributed by atoms with Crippen LogP contribution >= 0.6 is 0 Å². The molecule has 0 radical (unpaired) electrons. The van der Waals surface area contributed by atoms with E-state index in [0.29, 0.717) is 5.69 Å². The molecule has 1 aromatic heterocycles. The van der Waals surface area contributed by atoms with Crippen LogP contribution in [0.5, 0.6) is 0 Å². The Morgan fingerprint density at radius 1 is 1.24 bits per heavy atom. The highest BCUT2D eigenvalue weighted by atomic mass is 16.4. The summed E-state index contributed by atoms with van der Waals surface area (Å²) in [7, 11) is 1.67. The molecule has 0 saturated carbocycles. The van der Waals surface area contributed by atoms with Crippen molar-refractivity contribution >= 4 is 17.6 Å². The zero-order valence-electron chi connectivity index (χ0n) is 12.2. The summed E-state index contributed by atoms with van der Waals surface area (Å²) in [4.78, 5) is 24.6. The van der Waals surface area contributed by atoms with Gasteiger partial charge in [-0.3, -0.25) is 9.89 Å². The standard InChI is InChI=1S/C15H17N3O3/c1-9-13(10(2)17-16-9)8-14(19)18(3)12-6-4-11(5-7-12)15(20)21/h4-7H,8H2,1-3H3,(H,16,17)(H,20,21). The number of hydrogen-bond donors (Lipinski definition) is 2. The number of hydrogen-bond acceptors (Lipinski definition) is 3. The molecule has 6 nitrogen and oxygen atoms in total. The van der Waals surface area contributed by atoms with E-state index in [2.05, 4.69) is 10.2 Å². The molecule has 0 fully saturated rings. The van der Waals surface area contributed by atoms with Crippen molar-refractivity contribution in [1.29, 1.82) is 0 Å². The molecular formula is C15H17N3O3. The molecule has 1 heterocycles. The minimum Gasteiger partial charge on any atom is -0.478 e. The number of carbonyl (C=O) groups is 2. The number of carbonyl (C=O) groups excluding carboxylic acids is 1. The van der Waals surface area contributed by atoms with Crippen LogP contribution in [0.4, 0.5) is 5.69 Å². The van der Waals surface area contributed by atoms with Gasteiger partial charge < -0.3 is 10.0 Å². The zero-order valence-corrected chi connectivity index (χ0v) is 12.2. The first kappa shape index (κ1) is 14.8. The van der Waals surface area contributed by atoms with Crippen LogP contribution in [0.3, 0.4) is 0 Å². The molecule has 2 aromatic rings. The first-order valence-corrected chi connectivity index (χ1v) is 6.50. The fourth-order valence-corrected chi connectivity index (χ4v) is 2.08. The van der Waals surface area contributed by atoms with Gasteiger partial charge >= 0.3 is 5.97 Å². The van der Waals surface area contributed by atoms with Crippen LogP contribution in [0.25, 0.3) is 0 Å². The van der Waals surface area contributed by atoms with Crippen LogP contribution in [0.15, 0.2) is 24.3 Å². The number of rotatable bonds is 4. The van der Waals surface area contributed by atoms with Crippen molar-refractivity contribution in [2.75, 3.05) is 11.9 Å². The average Bonchev–Trinajstić information content (AvgIpc) is 2.78. The minimum absolute atomic E-state index is 0.0781. The van der Waals surface area contributed by atoms with Gasteiger partial charge in [0.1, 0.15) is 0 Å². The number of aromatic amines is 1. The zero-order chi connectivity index (χ0) is 15.6. The predicted octanol–water partition coefficient (Wildman–Crippen LogP) is 1.93. The molecule has 0 unspecified atom stereocenters. The second-order valence-corrected chi connectivity index (χ2v) is 4.89. The summed E-state index contributed by atoms with van der Waals surface area (Å²) < 4.78 is 0. The molecule has 110 valence electrons. The molecule has 0 atom stereocenters. The summed E-state index contributed by atoms with van der Waals surface area (Å²) in [6.45, 7) is 3.73. The van der Waals surface area contributed by atoms with Crippen molar-refractivity contribution in [2.24, 2.45) is 0 Å². The average molecular weight is 287 g/mol. The Labute approximate surface area is 122 Å². The molecule has 2 N–H and O–H groups in total. The molecule has 0 aliphatic carbocycles. The van der Waals surface area contributed by atoms with E-state index in [1.54, 1.807) is 19.2 Å². The first-order chi connectivity index (χ1) is 9.90. The lowest BCUT2D eigenvalue weighted by Gasteiger charge is -2.17. The third-order valence-corrected chi connectivity index (χ3v) is 3.48. The van der Waals surface area contributed by atoms with Gasteiger partial charge in [-0.1, -0.05) is 0 Å². The van der Waals surface area contributed by atoms with Gasteiger partial charge in [-0.2, -0.15) is 5.10 Å². The number of nitrogens with one attached hydrogen (secondary N) is 1. The fraction of sp³-hybridized carbons (Fsp3) is 0.267. The van der Waals surface area contributed by atoms with Gasteiger partial charge in [0.15, 0.2) is 0 Å². The van der Waals surface area contributed by atoms with E-state index in [4.69, 9.17) is 5.11 Å². The molecule has 0 saturated heterocycles. The Morgan fingerprint density at radius 3 is 2.33 bits per heavy atom. The van der Waals surface area contributed by atoms with Crippen molar-refractivity contribution in [1.82, 2.24) is 10.2 Å². The molecule has 0 bridgehead atoms. The van der Waals surface area contributed by atoms with Crippen molar-refractivity contribution in [3.63, 3.8) is 0 Å². The van der Waals surface area contributed by atoms with E-state index < -0.39 is 5.97 Å². The fourth-order valence-electron chi connectivity index (χ4n) is 2.08. The number of carboxylic acids is 1. The number of carboxylic acid groups (broad SMARTS) is 1. The molecule has 0 aliphatic rings. The number of nitrogens with zero attached hydrogens (tertiary/aromatic N) is 2. The van der Waals surface area contributed by atoms with Crippen LogP contribution < -0.4 is 4.90 Å². The largest absolute Gasteiger partial charge is 0.478 e. The number of aromatic carboxylic acids is 1. The van der Waals surface area contributed by atoms with Gasteiger partial charge in [0.05, 0.1) is 17.7 Å². The first-order valence-electron chi connectivity index (χ1n) is 6.50. The van der Waals surface area contributed by atoms with Crippen LogP contribution in [0.1, 0.15) is 27.3 Å². The number of likely N-dealkylation sites (N-methyl/N-ethyl adjacent to an activating group) is 1. The van der Waals surface area contributed by atoms with Crippen molar-refractivity contribution < 1.29 is 14.7 Å².